The third-order valence-electron chi connectivity index (χ3n) is 3.93. The van der Waals surface area contributed by atoms with Gasteiger partial charge >= 0.3 is 0 Å². The lowest BCUT2D eigenvalue weighted by molar-refractivity contribution is 0.212. The van der Waals surface area contributed by atoms with Crippen molar-refractivity contribution < 1.29 is 0 Å². The summed E-state index contributed by atoms with van der Waals surface area (Å²) >= 11 is 0. The van der Waals surface area contributed by atoms with Crippen molar-refractivity contribution in [2.45, 2.75) is 65.3 Å². The number of unbranched alkanes of at least 4 members (excludes halogenated alkanes) is 2. The van der Waals surface area contributed by atoms with E-state index in [1.54, 1.807) is 0 Å². The SMILES string of the molecule is CCCCCC(C)NCC1(C)CCNCC1. The number of piperidine rings is 1. The Hall–Kier alpha value is -0.0800. The first-order chi connectivity index (χ1) is 7.66. The molecule has 0 radical (unpaired) electrons. The van der Waals surface area contributed by atoms with Crippen LogP contribution in [0.3, 0.4) is 0 Å². The van der Waals surface area contributed by atoms with Crippen LogP contribution in [0.5, 0.6) is 0 Å². The second-order valence-corrected chi connectivity index (χ2v) is 5.84. The molecule has 1 saturated heterocycles. The van der Waals surface area contributed by atoms with E-state index in [1.807, 2.05) is 0 Å². The summed E-state index contributed by atoms with van der Waals surface area (Å²) in [5.41, 5.74) is 0.532. The monoisotopic (exact) mass is 226 g/mol. The molecule has 1 aliphatic rings. The molecule has 0 aromatic rings. The van der Waals surface area contributed by atoms with Crippen LogP contribution in [0.1, 0.15) is 59.3 Å². The van der Waals surface area contributed by atoms with Crippen LogP contribution in [0.2, 0.25) is 0 Å². The molecule has 1 atom stereocenters. The Morgan fingerprint density at radius 1 is 1.25 bits per heavy atom. The summed E-state index contributed by atoms with van der Waals surface area (Å²) in [5, 5.41) is 7.17. The molecule has 2 nitrogen and oxygen atoms in total. The van der Waals surface area contributed by atoms with Gasteiger partial charge in [0.1, 0.15) is 0 Å². The standard InChI is InChI=1S/C14H30N2/c1-4-5-6-7-13(2)16-12-14(3)8-10-15-11-9-14/h13,15-16H,4-12H2,1-3H3. The van der Waals surface area contributed by atoms with Crippen LogP contribution < -0.4 is 10.6 Å². The summed E-state index contributed by atoms with van der Waals surface area (Å²) in [6, 6.07) is 0.693. The normalized spacial score (nSPS) is 21.9. The fraction of sp³-hybridized carbons (Fsp3) is 1.00. The molecule has 96 valence electrons. The molecule has 16 heavy (non-hydrogen) atoms. The predicted octanol–water partition coefficient (Wildman–Crippen LogP) is 2.93. The van der Waals surface area contributed by atoms with E-state index in [0.29, 0.717) is 11.5 Å². The number of hydrogen-bond acceptors (Lipinski definition) is 2. The topological polar surface area (TPSA) is 24.1 Å². The van der Waals surface area contributed by atoms with E-state index in [-0.39, 0.29) is 0 Å². The molecule has 1 heterocycles. The van der Waals surface area contributed by atoms with Gasteiger partial charge in [0.25, 0.3) is 0 Å². The summed E-state index contributed by atoms with van der Waals surface area (Å²) in [5.74, 6) is 0. The van der Waals surface area contributed by atoms with E-state index in [2.05, 4.69) is 31.4 Å². The third-order valence-corrected chi connectivity index (χ3v) is 3.93. The maximum absolute atomic E-state index is 3.72. The largest absolute Gasteiger partial charge is 0.317 e. The highest BCUT2D eigenvalue weighted by molar-refractivity contribution is 4.83. The molecule has 1 unspecified atom stereocenters. The highest BCUT2D eigenvalue weighted by Gasteiger charge is 2.26. The second kappa shape index (κ2) is 7.29. The summed E-state index contributed by atoms with van der Waals surface area (Å²) < 4.78 is 0. The number of rotatable bonds is 7. The first-order valence-corrected chi connectivity index (χ1v) is 7.10. The predicted molar refractivity (Wildman–Crippen MR) is 71.8 cm³/mol. The molecule has 1 aliphatic heterocycles. The fourth-order valence-corrected chi connectivity index (χ4v) is 2.43. The molecule has 0 bridgehead atoms. The smallest absolute Gasteiger partial charge is 0.00389 e. The lowest BCUT2D eigenvalue weighted by Gasteiger charge is -2.35. The molecular weight excluding hydrogens is 196 g/mol. The minimum absolute atomic E-state index is 0.532. The van der Waals surface area contributed by atoms with Gasteiger partial charge in [-0.3, -0.25) is 0 Å². The molecule has 2 heteroatoms. The summed E-state index contributed by atoms with van der Waals surface area (Å²) in [7, 11) is 0. The molecule has 0 aromatic heterocycles. The van der Waals surface area contributed by atoms with Gasteiger partial charge in [0, 0.05) is 12.6 Å². The van der Waals surface area contributed by atoms with Crippen LogP contribution in [0.15, 0.2) is 0 Å². The molecule has 0 aliphatic carbocycles. The van der Waals surface area contributed by atoms with Gasteiger partial charge in [-0.15, -0.1) is 0 Å². The van der Waals surface area contributed by atoms with Crippen molar-refractivity contribution >= 4 is 0 Å². The van der Waals surface area contributed by atoms with E-state index >= 15 is 0 Å². The van der Waals surface area contributed by atoms with Gasteiger partial charge in [-0.05, 0) is 44.7 Å². The lowest BCUT2D eigenvalue weighted by Crippen LogP contribution is -2.43. The van der Waals surface area contributed by atoms with E-state index in [0.717, 1.165) is 0 Å². The van der Waals surface area contributed by atoms with Crippen molar-refractivity contribution in [3.05, 3.63) is 0 Å². The number of hydrogen-bond donors (Lipinski definition) is 2. The zero-order valence-electron chi connectivity index (χ0n) is 11.4. The van der Waals surface area contributed by atoms with Gasteiger partial charge in [-0.25, -0.2) is 0 Å². The zero-order valence-corrected chi connectivity index (χ0v) is 11.4. The Morgan fingerprint density at radius 2 is 1.94 bits per heavy atom. The Bertz CT molecular complexity index is 174. The Labute approximate surface area is 102 Å². The van der Waals surface area contributed by atoms with Crippen molar-refractivity contribution in [1.29, 1.82) is 0 Å². The highest BCUT2D eigenvalue weighted by atomic mass is 14.9. The van der Waals surface area contributed by atoms with Crippen LogP contribution in [-0.4, -0.2) is 25.7 Å². The van der Waals surface area contributed by atoms with E-state index in [9.17, 15) is 0 Å². The van der Waals surface area contributed by atoms with Crippen LogP contribution in [0.4, 0.5) is 0 Å². The molecule has 0 spiro atoms. The maximum atomic E-state index is 3.72. The van der Waals surface area contributed by atoms with Gasteiger partial charge in [0.15, 0.2) is 0 Å². The van der Waals surface area contributed by atoms with E-state index in [1.165, 1.54) is 58.2 Å². The summed E-state index contributed by atoms with van der Waals surface area (Å²) in [4.78, 5) is 0. The van der Waals surface area contributed by atoms with E-state index < -0.39 is 0 Å². The van der Waals surface area contributed by atoms with Crippen LogP contribution >= 0.6 is 0 Å². The van der Waals surface area contributed by atoms with Crippen LogP contribution in [-0.2, 0) is 0 Å². The van der Waals surface area contributed by atoms with Gasteiger partial charge in [0.2, 0.25) is 0 Å². The Balaban J connectivity index is 2.12. The Kier molecular flexibility index (Phi) is 6.37. The van der Waals surface area contributed by atoms with Crippen molar-refractivity contribution in [3.63, 3.8) is 0 Å². The zero-order chi connectivity index (χ0) is 11.9. The first kappa shape index (κ1) is 14.0. The van der Waals surface area contributed by atoms with Crippen LogP contribution in [0, 0.1) is 5.41 Å². The Morgan fingerprint density at radius 3 is 2.56 bits per heavy atom. The van der Waals surface area contributed by atoms with Crippen molar-refractivity contribution in [2.24, 2.45) is 5.41 Å². The van der Waals surface area contributed by atoms with Gasteiger partial charge in [0.05, 0.1) is 0 Å². The maximum Gasteiger partial charge on any atom is 0.00389 e. The van der Waals surface area contributed by atoms with Gasteiger partial charge in [-0.1, -0.05) is 33.1 Å². The first-order valence-electron chi connectivity index (χ1n) is 7.10. The molecular formula is C14H30N2. The average Bonchev–Trinajstić information content (AvgIpc) is 2.28. The average molecular weight is 226 g/mol. The molecule has 2 N–H and O–H groups in total. The molecule has 0 amide bonds. The highest BCUT2D eigenvalue weighted by Crippen LogP contribution is 2.26. The number of nitrogens with one attached hydrogen (secondary N) is 2. The third kappa shape index (κ3) is 5.31. The molecule has 0 saturated carbocycles. The molecule has 1 rings (SSSR count). The lowest BCUT2D eigenvalue weighted by atomic mass is 9.81. The van der Waals surface area contributed by atoms with E-state index in [4.69, 9.17) is 0 Å². The molecule has 0 aromatic carbocycles. The minimum atomic E-state index is 0.532. The van der Waals surface area contributed by atoms with Crippen LogP contribution in [0.25, 0.3) is 0 Å². The fourth-order valence-electron chi connectivity index (χ4n) is 2.43. The minimum Gasteiger partial charge on any atom is -0.317 e. The second-order valence-electron chi connectivity index (χ2n) is 5.84. The van der Waals surface area contributed by atoms with Gasteiger partial charge in [-0.2, -0.15) is 0 Å². The summed E-state index contributed by atoms with van der Waals surface area (Å²) in [6.07, 6.45) is 8.07. The van der Waals surface area contributed by atoms with Crippen molar-refractivity contribution in [2.75, 3.05) is 19.6 Å². The molecule has 1 fully saturated rings. The van der Waals surface area contributed by atoms with Crippen molar-refractivity contribution in [3.8, 4) is 0 Å². The quantitative estimate of drug-likeness (QED) is 0.652. The summed E-state index contributed by atoms with van der Waals surface area (Å²) in [6.45, 7) is 10.6. The van der Waals surface area contributed by atoms with Crippen molar-refractivity contribution in [1.82, 2.24) is 10.6 Å². The van der Waals surface area contributed by atoms with Gasteiger partial charge < -0.3 is 10.6 Å².